The molecule has 6 aromatic carbocycles. The van der Waals surface area contributed by atoms with Crippen LogP contribution in [0.3, 0.4) is 0 Å². The normalized spacial score (nSPS) is 11.7. The number of fused-ring (bicyclic) bond motifs is 2. The number of hydrogen-bond donors (Lipinski definition) is 0. The number of para-hydroxylation sites is 6. The lowest BCUT2D eigenvalue weighted by molar-refractivity contribution is 1.17. The molecule has 6 aromatic rings. The van der Waals surface area contributed by atoms with Gasteiger partial charge in [0.1, 0.15) is 0 Å². The van der Waals surface area contributed by atoms with E-state index < -0.39 is 0 Å². The van der Waals surface area contributed by atoms with Crippen molar-refractivity contribution in [3.63, 3.8) is 0 Å². The Morgan fingerprint density at radius 2 is 0.619 bits per heavy atom. The number of nitriles is 2. The van der Waals surface area contributed by atoms with Gasteiger partial charge in [-0.15, -0.1) is 0 Å². The van der Waals surface area contributed by atoms with Crippen LogP contribution in [0.15, 0.2) is 146 Å². The van der Waals surface area contributed by atoms with Crippen LogP contribution in [0.5, 0.6) is 0 Å². The van der Waals surface area contributed by atoms with E-state index in [1.165, 1.54) is 0 Å². The van der Waals surface area contributed by atoms with Crippen LogP contribution in [0.1, 0.15) is 11.1 Å². The van der Waals surface area contributed by atoms with E-state index in [0.29, 0.717) is 11.1 Å². The maximum Gasteiger partial charge on any atom is 0.0991 e. The largest absolute Gasteiger partial charge is 0.306 e. The van der Waals surface area contributed by atoms with Crippen molar-refractivity contribution in [3.05, 3.63) is 157 Å². The molecule has 0 aromatic heterocycles. The smallest absolute Gasteiger partial charge is 0.0991 e. The highest BCUT2D eigenvalue weighted by Crippen LogP contribution is 2.56. The zero-order valence-electron chi connectivity index (χ0n) is 22.6. The van der Waals surface area contributed by atoms with Gasteiger partial charge in [-0.25, -0.2) is 0 Å². The van der Waals surface area contributed by atoms with Crippen LogP contribution in [0.2, 0.25) is 0 Å². The summed E-state index contributed by atoms with van der Waals surface area (Å²) in [6, 6.07) is 53.8. The van der Waals surface area contributed by atoms with Gasteiger partial charge >= 0.3 is 0 Å². The first-order valence-electron chi connectivity index (χ1n) is 13.7. The molecule has 0 aliphatic carbocycles. The highest BCUT2D eigenvalue weighted by molar-refractivity contribution is 6.05. The van der Waals surface area contributed by atoms with Gasteiger partial charge in [-0.1, -0.05) is 84.9 Å². The summed E-state index contributed by atoms with van der Waals surface area (Å²) >= 11 is 0. The molecule has 196 valence electrons. The summed E-state index contributed by atoms with van der Waals surface area (Å²) in [5.74, 6) is 0. The molecule has 7 rings (SSSR count). The molecule has 0 radical (unpaired) electrons. The Hall–Kier alpha value is -6.10. The molecule has 1 heterocycles. The molecule has 0 fully saturated rings. The van der Waals surface area contributed by atoms with Crippen molar-refractivity contribution in [1.29, 1.82) is 10.5 Å². The van der Waals surface area contributed by atoms with Crippen molar-refractivity contribution in [2.24, 2.45) is 0 Å². The van der Waals surface area contributed by atoms with Crippen molar-refractivity contribution in [1.82, 2.24) is 0 Å². The van der Waals surface area contributed by atoms with E-state index >= 15 is 0 Å². The van der Waals surface area contributed by atoms with Gasteiger partial charge in [-0.2, -0.15) is 10.5 Å². The number of benzene rings is 6. The number of hydrogen-bond acceptors (Lipinski definition) is 4. The van der Waals surface area contributed by atoms with Crippen LogP contribution in [-0.2, 0) is 0 Å². The van der Waals surface area contributed by atoms with E-state index in [1.807, 2.05) is 48.5 Å². The van der Waals surface area contributed by atoms with Crippen LogP contribution in [0.4, 0.5) is 34.1 Å². The molecule has 4 heteroatoms. The molecule has 0 N–H and O–H groups in total. The standard InChI is InChI=1S/C38H24N4/c39-25-27-17-21-29(22-18-27)31-9-1-3-11-33(31)41-35-13-5-7-15-37(35)42(38-16-8-6-14-36(38)41)34-12-4-2-10-32(34)30-23-19-28(26-40)20-24-30/h1-24H. The Morgan fingerprint density at radius 3 is 0.929 bits per heavy atom. The predicted octanol–water partition coefficient (Wildman–Crippen LogP) is 10.0. The Balaban J connectivity index is 1.44. The highest BCUT2D eigenvalue weighted by Gasteiger charge is 2.32. The molecule has 1 aliphatic heterocycles. The van der Waals surface area contributed by atoms with E-state index in [9.17, 15) is 10.5 Å². The molecule has 0 saturated carbocycles. The van der Waals surface area contributed by atoms with Crippen molar-refractivity contribution in [3.8, 4) is 34.4 Å². The Morgan fingerprint density at radius 1 is 0.333 bits per heavy atom. The molecule has 0 unspecified atom stereocenters. The second-order valence-corrected chi connectivity index (χ2v) is 10.1. The van der Waals surface area contributed by atoms with Crippen LogP contribution < -0.4 is 9.80 Å². The summed E-state index contributed by atoms with van der Waals surface area (Å²) in [7, 11) is 0. The van der Waals surface area contributed by atoms with Crippen molar-refractivity contribution < 1.29 is 0 Å². The highest BCUT2D eigenvalue weighted by atomic mass is 15.3. The predicted molar refractivity (Wildman–Crippen MR) is 170 cm³/mol. The summed E-state index contributed by atoms with van der Waals surface area (Å²) in [5, 5.41) is 18.7. The fraction of sp³-hybridized carbons (Fsp3) is 0. The van der Waals surface area contributed by atoms with Crippen LogP contribution in [0, 0.1) is 22.7 Å². The Labute approximate surface area is 245 Å². The zero-order chi connectivity index (χ0) is 28.5. The molecule has 0 atom stereocenters. The minimum atomic E-state index is 0.640. The third-order valence-electron chi connectivity index (χ3n) is 7.67. The van der Waals surface area contributed by atoms with Crippen molar-refractivity contribution in [2.75, 3.05) is 9.80 Å². The lowest BCUT2D eigenvalue weighted by Crippen LogP contribution is -2.24. The summed E-state index contributed by atoms with van der Waals surface area (Å²) in [6.45, 7) is 0. The first-order chi connectivity index (χ1) is 20.8. The third kappa shape index (κ3) is 4.16. The van der Waals surface area contributed by atoms with Crippen LogP contribution in [-0.4, -0.2) is 0 Å². The molecular formula is C38H24N4. The SMILES string of the molecule is N#Cc1ccc(-c2ccccc2N2c3ccccc3N(c3ccccc3-c3ccc(C#N)cc3)c3ccccc32)cc1. The molecule has 42 heavy (non-hydrogen) atoms. The van der Waals surface area contributed by atoms with Crippen molar-refractivity contribution >= 4 is 34.1 Å². The number of rotatable bonds is 4. The van der Waals surface area contributed by atoms with E-state index in [2.05, 4.69) is 119 Å². The van der Waals surface area contributed by atoms with Gasteiger partial charge in [0.15, 0.2) is 0 Å². The van der Waals surface area contributed by atoms with Gasteiger partial charge in [0.25, 0.3) is 0 Å². The number of anilines is 6. The van der Waals surface area contributed by atoms with Crippen LogP contribution >= 0.6 is 0 Å². The van der Waals surface area contributed by atoms with E-state index in [-0.39, 0.29) is 0 Å². The molecule has 0 bridgehead atoms. The van der Waals surface area contributed by atoms with Gasteiger partial charge in [0.2, 0.25) is 0 Å². The summed E-state index contributed by atoms with van der Waals surface area (Å²) in [6.07, 6.45) is 0. The van der Waals surface area contributed by atoms with Crippen LogP contribution in [0.25, 0.3) is 22.3 Å². The van der Waals surface area contributed by atoms with E-state index in [0.717, 1.165) is 56.4 Å². The second kappa shape index (κ2) is 10.5. The van der Waals surface area contributed by atoms with E-state index in [4.69, 9.17) is 0 Å². The maximum atomic E-state index is 9.33. The molecule has 1 aliphatic rings. The molecule has 0 saturated heterocycles. The minimum Gasteiger partial charge on any atom is -0.306 e. The summed E-state index contributed by atoms with van der Waals surface area (Å²) in [5.41, 5.74) is 11.9. The van der Waals surface area contributed by atoms with Gasteiger partial charge in [0.05, 0.1) is 57.4 Å². The fourth-order valence-corrected chi connectivity index (χ4v) is 5.74. The average Bonchev–Trinajstić information content (AvgIpc) is 3.07. The average molecular weight is 537 g/mol. The lowest BCUT2D eigenvalue weighted by Gasteiger charge is -2.41. The topological polar surface area (TPSA) is 54.1 Å². The molecular weight excluding hydrogens is 512 g/mol. The summed E-state index contributed by atoms with van der Waals surface area (Å²) in [4.78, 5) is 4.66. The van der Waals surface area contributed by atoms with Crippen molar-refractivity contribution in [2.45, 2.75) is 0 Å². The van der Waals surface area contributed by atoms with Gasteiger partial charge in [-0.05, 0) is 71.8 Å². The maximum absolute atomic E-state index is 9.33. The Kier molecular flexibility index (Phi) is 6.21. The fourth-order valence-electron chi connectivity index (χ4n) is 5.74. The summed E-state index contributed by atoms with van der Waals surface area (Å²) < 4.78 is 0. The molecule has 4 nitrogen and oxygen atoms in total. The number of nitrogens with zero attached hydrogens (tertiary/aromatic N) is 4. The second-order valence-electron chi connectivity index (χ2n) is 10.1. The Bertz CT molecular complexity index is 1820. The molecule has 0 amide bonds. The minimum absolute atomic E-state index is 0.640. The van der Waals surface area contributed by atoms with Gasteiger partial charge in [-0.3, -0.25) is 0 Å². The first kappa shape index (κ1) is 24.9. The first-order valence-corrected chi connectivity index (χ1v) is 13.7. The monoisotopic (exact) mass is 536 g/mol. The lowest BCUT2D eigenvalue weighted by atomic mass is 9.97. The van der Waals surface area contributed by atoms with E-state index in [1.54, 1.807) is 0 Å². The zero-order valence-corrected chi connectivity index (χ0v) is 22.6. The molecule has 0 spiro atoms. The van der Waals surface area contributed by atoms with Gasteiger partial charge < -0.3 is 9.80 Å². The quantitative estimate of drug-likeness (QED) is 0.225. The van der Waals surface area contributed by atoms with Gasteiger partial charge in [0, 0.05) is 11.1 Å². The third-order valence-corrected chi connectivity index (χ3v) is 7.67.